The van der Waals surface area contributed by atoms with E-state index in [9.17, 15) is 0 Å². The Morgan fingerprint density at radius 3 is 1.41 bits per heavy atom. The Kier molecular flexibility index (Phi) is 11.1. The van der Waals surface area contributed by atoms with Gasteiger partial charge in [0, 0.05) is 17.1 Å². The second-order valence-electron chi connectivity index (χ2n) is 8.68. The van der Waals surface area contributed by atoms with E-state index in [2.05, 4.69) is 171 Å². The van der Waals surface area contributed by atoms with Gasteiger partial charge in [-0.3, -0.25) is 5.56 Å². The molecule has 0 N–H and O–H groups in total. The minimum absolute atomic E-state index is 0. The number of hydrogen-bond donors (Lipinski definition) is 0. The Morgan fingerprint density at radius 1 is 0.615 bits per heavy atom. The third-order valence-corrected chi connectivity index (χ3v) is 11.5. The predicted molar refractivity (Wildman–Crippen MR) is 164 cm³/mol. The van der Waals surface area contributed by atoms with Crippen LogP contribution in [-0.2, 0) is 17.1 Å². The zero-order valence-electron chi connectivity index (χ0n) is 21.6. The van der Waals surface area contributed by atoms with Gasteiger partial charge in [0.1, 0.15) is 0 Å². The van der Waals surface area contributed by atoms with Crippen LogP contribution in [0, 0.1) is 30.3 Å². The fourth-order valence-corrected chi connectivity index (χ4v) is 9.84. The van der Waals surface area contributed by atoms with Gasteiger partial charge in [-0.05, 0) is 34.8 Å². The molecule has 0 fully saturated rings. The van der Waals surface area contributed by atoms with E-state index in [1.807, 2.05) is 0 Å². The summed E-state index contributed by atoms with van der Waals surface area (Å²) in [5.74, 6) is 0. The van der Waals surface area contributed by atoms with E-state index in [4.69, 9.17) is 0 Å². The molecule has 39 heavy (non-hydrogen) atoms. The molecule has 6 rings (SSSR count). The molecule has 6 aromatic carbocycles. The maximum atomic E-state index is 3.68. The average Bonchev–Trinajstić information content (AvgIpc) is 3.72. The third kappa shape index (κ3) is 7.33. The summed E-state index contributed by atoms with van der Waals surface area (Å²) in [4.78, 5) is 0. The number of hydrogen-bond acceptors (Lipinski definition) is 0. The summed E-state index contributed by atoms with van der Waals surface area (Å²) in [6.07, 6.45) is 0. The van der Waals surface area contributed by atoms with Crippen LogP contribution in [0.25, 0.3) is 0 Å². The van der Waals surface area contributed by atoms with Crippen molar-refractivity contribution in [2.75, 3.05) is 0 Å². The number of benzene rings is 4. The summed E-state index contributed by atoms with van der Waals surface area (Å²) in [5.41, 5.74) is 1.71. The Labute approximate surface area is 246 Å². The minimum atomic E-state index is -0.646. The van der Waals surface area contributed by atoms with E-state index in [-0.39, 0.29) is 17.1 Å². The Morgan fingerprint density at radius 2 is 1.03 bits per heavy atom. The van der Waals surface area contributed by atoms with Crippen molar-refractivity contribution >= 4 is 42.4 Å². The van der Waals surface area contributed by atoms with Crippen LogP contribution in [0.4, 0.5) is 0 Å². The number of rotatable bonds is 7. The molecule has 1 atom stereocenters. The average molecular weight is 577 g/mol. The predicted octanol–water partition coefficient (Wildman–Crippen LogP) is 6.76. The maximum Gasteiger partial charge on any atom is 0 e. The van der Waals surface area contributed by atoms with Crippen molar-refractivity contribution in [3.8, 4) is 0 Å². The Bertz CT molecular complexity index is 1360. The van der Waals surface area contributed by atoms with Gasteiger partial charge in [-0.25, -0.2) is 0 Å². The second kappa shape index (κ2) is 14.9. The molecule has 0 amide bonds. The van der Waals surface area contributed by atoms with Gasteiger partial charge >= 0.3 is 0 Å². The smallest absolute Gasteiger partial charge is 0 e. The molecule has 0 heterocycles. The van der Waals surface area contributed by atoms with Gasteiger partial charge in [0.15, 0.2) is 0 Å². The normalized spacial score (nSPS) is 11.4. The van der Waals surface area contributed by atoms with Gasteiger partial charge < -0.3 is 53.8 Å². The van der Waals surface area contributed by atoms with Crippen molar-refractivity contribution in [2.24, 2.45) is 0 Å². The fourth-order valence-electron chi connectivity index (χ4n) is 4.57. The van der Waals surface area contributed by atoms with E-state index < -0.39 is 15.8 Å². The zero-order valence-corrected chi connectivity index (χ0v) is 24.5. The van der Waals surface area contributed by atoms with Gasteiger partial charge in [-0.1, -0.05) is 128 Å². The van der Waals surface area contributed by atoms with Crippen LogP contribution in [-0.4, -0.2) is 0 Å². The van der Waals surface area contributed by atoms with Gasteiger partial charge in [0.2, 0.25) is 0 Å². The van der Waals surface area contributed by atoms with Gasteiger partial charge in [-0.2, -0.15) is 0 Å². The van der Waals surface area contributed by atoms with Crippen LogP contribution in [0.15, 0.2) is 140 Å². The van der Waals surface area contributed by atoms with E-state index >= 15 is 0 Å². The molecule has 0 saturated carbocycles. The first-order valence-electron chi connectivity index (χ1n) is 12.6. The molecule has 6 aromatic rings. The zero-order chi connectivity index (χ0) is 26.0. The van der Waals surface area contributed by atoms with E-state index in [0.717, 1.165) is 0 Å². The molecule has 0 aliphatic carbocycles. The van der Waals surface area contributed by atoms with Crippen LogP contribution >= 0.6 is 15.8 Å². The molecule has 0 saturated heterocycles. The fraction of sp³-hybridized carbons (Fsp3) is 0.0556. The molecule has 0 aliphatic heterocycles. The van der Waals surface area contributed by atoms with Crippen molar-refractivity contribution in [1.82, 2.24) is 0 Å². The first-order valence-corrected chi connectivity index (χ1v) is 15.4. The van der Waals surface area contributed by atoms with Crippen LogP contribution < -0.4 is 26.5 Å². The molecular formula is C36H27FeP2-7. The van der Waals surface area contributed by atoms with Crippen molar-refractivity contribution in [3.05, 3.63) is 175 Å². The van der Waals surface area contributed by atoms with Crippen molar-refractivity contribution in [3.63, 3.8) is 0 Å². The molecule has 0 bridgehead atoms. The summed E-state index contributed by atoms with van der Waals surface area (Å²) in [7, 11) is -1.21. The molecule has 196 valence electrons. The summed E-state index contributed by atoms with van der Waals surface area (Å²) in [5, 5.41) is 7.02. The van der Waals surface area contributed by atoms with Crippen molar-refractivity contribution in [1.29, 1.82) is 0 Å². The van der Waals surface area contributed by atoms with Gasteiger partial charge in [0.25, 0.3) is 0 Å². The topological polar surface area (TPSA) is 0 Å². The molecule has 0 spiro atoms. The van der Waals surface area contributed by atoms with E-state index in [1.165, 1.54) is 32.1 Å². The molecule has 3 heteroatoms. The molecule has 0 aliphatic rings. The van der Waals surface area contributed by atoms with Crippen molar-refractivity contribution in [2.45, 2.75) is 12.6 Å². The van der Waals surface area contributed by atoms with Crippen LogP contribution in [0.5, 0.6) is 0 Å². The Hall–Kier alpha value is -3.04. The standard InChI is InChI=1S/C31H26P2.C5H.Fe/c1-25(32(26-15-6-2-7-16-26)27-17-8-3-9-18-27)30-23-14-24-31(30)33(28-19-10-4-11-20-28)29-21-12-5-13-22-29;1-2-4-5-3-1;/h2-22,24-25H,1H3;1H;/q-2;-5;. The summed E-state index contributed by atoms with van der Waals surface area (Å²) in [6, 6.07) is 64.1. The second-order valence-corrected chi connectivity index (χ2v) is 13.4. The van der Waals surface area contributed by atoms with Crippen LogP contribution in [0.1, 0.15) is 18.1 Å². The summed E-state index contributed by atoms with van der Waals surface area (Å²) in [6.45, 7) is 2.39. The largest absolute Gasteiger partial charge is 0.999 e. The molecule has 0 aromatic heterocycles. The van der Waals surface area contributed by atoms with Crippen LogP contribution in [0.2, 0.25) is 0 Å². The first-order chi connectivity index (χ1) is 18.8. The van der Waals surface area contributed by atoms with Gasteiger partial charge in [0.05, 0.1) is 0 Å². The van der Waals surface area contributed by atoms with Gasteiger partial charge in [-0.15, -0.1) is 7.92 Å². The quantitative estimate of drug-likeness (QED) is 0.112. The molecule has 0 radical (unpaired) electrons. The van der Waals surface area contributed by atoms with E-state index in [1.54, 1.807) is 6.07 Å². The van der Waals surface area contributed by atoms with Crippen LogP contribution in [0.3, 0.4) is 0 Å². The summed E-state index contributed by atoms with van der Waals surface area (Å²) >= 11 is 0. The molecule has 1 unspecified atom stereocenters. The maximum absolute atomic E-state index is 3.68. The first kappa shape index (κ1) is 29.0. The minimum Gasteiger partial charge on any atom is -0.999 e. The SMILES string of the molecule is CC(c1[c-]cc[c-]1P(c1ccccc1)c1ccccc1)P(c1ccccc1)c1ccccc1.[Fe].[c-]1[c-][c-][cH-][c-]1. The Balaban J connectivity index is 0.000000530. The molecular weight excluding hydrogens is 550 g/mol. The molecule has 0 nitrogen and oxygen atoms in total. The van der Waals surface area contributed by atoms with Crippen molar-refractivity contribution < 1.29 is 17.1 Å². The summed E-state index contributed by atoms with van der Waals surface area (Å²) < 4.78 is 0. The monoisotopic (exact) mass is 577 g/mol. The third-order valence-electron chi connectivity index (χ3n) is 6.25. The van der Waals surface area contributed by atoms with E-state index in [0.29, 0.717) is 5.66 Å².